The highest BCUT2D eigenvalue weighted by atomic mass is 16.3. The molecule has 22 heavy (non-hydrogen) atoms. The number of aromatic nitrogens is 2. The minimum Gasteiger partial charge on any atom is -0.366 e. The van der Waals surface area contributed by atoms with E-state index in [9.17, 15) is 9.70 Å². The van der Waals surface area contributed by atoms with Crippen molar-refractivity contribution in [2.45, 2.75) is 19.6 Å². The summed E-state index contributed by atoms with van der Waals surface area (Å²) in [6.45, 7) is 1.66. The minimum absolute atomic E-state index is 0.203. The highest BCUT2D eigenvalue weighted by Gasteiger charge is 2.03. The zero-order chi connectivity index (χ0) is 15.8. The Balaban J connectivity index is 1.84. The molecule has 1 amide bonds. The Morgan fingerprint density at radius 1 is 1.00 bits per heavy atom. The van der Waals surface area contributed by atoms with Crippen molar-refractivity contribution in [1.82, 2.24) is 0 Å². The predicted molar refractivity (Wildman–Crippen MR) is 80.4 cm³/mol. The number of nitrogens with two attached hydrogens (primary N) is 1. The molecule has 0 aliphatic heterocycles. The predicted octanol–water partition coefficient (Wildman–Crippen LogP) is 0.883. The maximum Gasteiger partial charge on any atom is 0.249 e. The molecule has 0 spiro atoms. The van der Waals surface area contributed by atoms with Crippen molar-refractivity contribution < 1.29 is 13.9 Å². The number of carbonyl (C=O) groups excluding carboxylic acids is 1. The fraction of sp³-hybridized carbons (Fsp3) is 0.188. The molecule has 0 aliphatic rings. The Labute approximate surface area is 128 Å². The first-order valence-electron chi connectivity index (χ1n) is 6.90. The van der Waals surface area contributed by atoms with E-state index in [0.717, 1.165) is 12.1 Å². The molecule has 6 heteroatoms. The Kier molecular flexibility index (Phi) is 5.48. The smallest absolute Gasteiger partial charge is 0.249 e. The average Bonchev–Trinajstić information content (AvgIpc) is 2.54. The Morgan fingerprint density at radius 2 is 1.50 bits per heavy atom. The second-order valence-corrected chi connectivity index (χ2v) is 4.81. The Hall–Kier alpha value is -2.89. The number of allylic oxidation sites excluding steroid dienone is 2. The average molecular weight is 298 g/mol. The molecule has 0 atom stereocenters. The minimum atomic E-state index is -0.424. The Bertz CT molecular complexity index is 664. The van der Waals surface area contributed by atoms with Gasteiger partial charge in [0.2, 0.25) is 5.91 Å². The lowest BCUT2D eigenvalue weighted by Gasteiger charge is -1.95. The van der Waals surface area contributed by atoms with Crippen LogP contribution in [0.3, 0.4) is 0 Å². The third kappa shape index (κ3) is 4.59. The van der Waals surface area contributed by atoms with Crippen LogP contribution in [-0.4, -0.2) is 5.91 Å². The van der Waals surface area contributed by atoms with Crippen molar-refractivity contribution in [3.05, 3.63) is 77.2 Å². The molecule has 0 aromatic carbocycles. The fourth-order valence-corrected chi connectivity index (χ4v) is 1.93. The molecule has 2 aromatic rings. The summed E-state index contributed by atoms with van der Waals surface area (Å²) < 4.78 is 3.96. The zero-order valence-electron chi connectivity index (χ0n) is 12.1. The van der Waals surface area contributed by atoms with Gasteiger partial charge in [-0.15, -0.1) is 0 Å². The third-order valence-electron chi connectivity index (χ3n) is 3.18. The number of nitrogens with zero attached hydrogens (tertiary/aromatic N) is 3. The largest absolute Gasteiger partial charge is 0.366 e. The highest BCUT2D eigenvalue weighted by Crippen LogP contribution is 1.96. The molecule has 2 heterocycles. The SMILES string of the molecule is NC(=O)c1cc[n+](CC=CC[n+]2ccc(CN=O)cc2)cc1. The first-order chi connectivity index (χ1) is 10.7. The molecule has 0 radical (unpaired) electrons. The van der Waals surface area contributed by atoms with Gasteiger partial charge in [-0.2, -0.15) is 4.91 Å². The van der Waals surface area contributed by atoms with E-state index in [1.54, 1.807) is 12.1 Å². The van der Waals surface area contributed by atoms with Crippen LogP contribution in [0.25, 0.3) is 0 Å². The summed E-state index contributed by atoms with van der Waals surface area (Å²) in [5.41, 5.74) is 6.60. The quantitative estimate of drug-likeness (QED) is 0.468. The van der Waals surface area contributed by atoms with E-state index < -0.39 is 5.91 Å². The van der Waals surface area contributed by atoms with Crippen LogP contribution in [0.15, 0.2) is 66.4 Å². The third-order valence-corrected chi connectivity index (χ3v) is 3.18. The monoisotopic (exact) mass is 298 g/mol. The fourth-order valence-electron chi connectivity index (χ4n) is 1.93. The summed E-state index contributed by atoms with van der Waals surface area (Å²) in [5.74, 6) is -0.424. The van der Waals surface area contributed by atoms with Crippen LogP contribution in [0.4, 0.5) is 0 Å². The Morgan fingerprint density at radius 3 is 1.95 bits per heavy atom. The van der Waals surface area contributed by atoms with Gasteiger partial charge in [0.05, 0.1) is 5.56 Å². The number of hydrogen-bond acceptors (Lipinski definition) is 3. The summed E-state index contributed by atoms with van der Waals surface area (Å²) in [7, 11) is 0. The molecule has 2 N–H and O–H groups in total. The summed E-state index contributed by atoms with van der Waals surface area (Å²) in [4.78, 5) is 21.1. The number of pyridine rings is 2. The number of primary amides is 1. The van der Waals surface area contributed by atoms with E-state index in [1.807, 2.05) is 58.2 Å². The first-order valence-corrected chi connectivity index (χ1v) is 6.90. The van der Waals surface area contributed by atoms with Gasteiger partial charge < -0.3 is 5.73 Å². The molecule has 0 saturated heterocycles. The molecule has 2 aromatic heterocycles. The molecular weight excluding hydrogens is 280 g/mol. The highest BCUT2D eigenvalue weighted by molar-refractivity contribution is 5.92. The zero-order valence-corrected chi connectivity index (χ0v) is 12.1. The summed E-state index contributed by atoms with van der Waals surface area (Å²) >= 11 is 0. The van der Waals surface area contributed by atoms with Gasteiger partial charge >= 0.3 is 0 Å². The second kappa shape index (κ2) is 7.78. The molecular formula is C16H18N4O2+2. The van der Waals surface area contributed by atoms with Gasteiger partial charge in [0, 0.05) is 24.3 Å². The maximum absolute atomic E-state index is 11.0. The van der Waals surface area contributed by atoms with Crippen LogP contribution in [0, 0.1) is 4.91 Å². The number of amides is 1. The lowest BCUT2D eigenvalue weighted by atomic mass is 10.2. The van der Waals surface area contributed by atoms with Gasteiger partial charge in [-0.3, -0.25) is 4.79 Å². The lowest BCUT2D eigenvalue weighted by Crippen LogP contribution is -2.33. The van der Waals surface area contributed by atoms with Crippen molar-refractivity contribution in [3.63, 3.8) is 0 Å². The van der Waals surface area contributed by atoms with Gasteiger partial charge in [-0.25, -0.2) is 9.13 Å². The molecule has 112 valence electrons. The number of nitroso groups, excluding NO2 is 1. The van der Waals surface area contributed by atoms with E-state index >= 15 is 0 Å². The van der Waals surface area contributed by atoms with Crippen LogP contribution >= 0.6 is 0 Å². The first kappa shape index (κ1) is 15.5. The van der Waals surface area contributed by atoms with Crippen molar-refractivity contribution in [3.8, 4) is 0 Å². The number of carbonyl (C=O) groups is 1. The van der Waals surface area contributed by atoms with E-state index in [1.165, 1.54) is 0 Å². The molecule has 2 rings (SSSR count). The van der Waals surface area contributed by atoms with Gasteiger partial charge in [0.1, 0.15) is 6.54 Å². The topological polar surface area (TPSA) is 80.3 Å². The van der Waals surface area contributed by atoms with E-state index in [2.05, 4.69) is 5.18 Å². The molecule has 0 bridgehead atoms. The van der Waals surface area contributed by atoms with E-state index in [-0.39, 0.29) is 6.54 Å². The van der Waals surface area contributed by atoms with Gasteiger partial charge in [-0.1, -0.05) is 5.18 Å². The molecule has 6 nitrogen and oxygen atoms in total. The van der Waals surface area contributed by atoms with Gasteiger partial charge in [-0.05, 0) is 17.7 Å². The second-order valence-electron chi connectivity index (χ2n) is 4.81. The van der Waals surface area contributed by atoms with E-state index in [4.69, 9.17) is 5.73 Å². The normalized spacial score (nSPS) is 10.7. The molecule has 0 unspecified atom stereocenters. The summed E-state index contributed by atoms with van der Waals surface area (Å²) in [5, 5.41) is 2.86. The van der Waals surface area contributed by atoms with Crippen LogP contribution < -0.4 is 14.9 Å². The molecule has 0 fully saturated rings. The molecule has 0 aliphatic carbocycles. The van der Waals surface area contributed by atoms with Gasteiger partial charge in [0.25, 0.3) is 0 Å². The molecule has 0 saturated carbocycles. The van der Waals surface area contributed by atoms with E-state index in [0.29, 0.717) is 12.1 Å². The number of rotatable bonds is 7. The van der Waals surface area contributed by atoms with Crippen molar-refractivity contribution in [2.75, 3.05) is 0 Å². The van der Waals surface area contributed by atoms with Crippen LogP contribution in [-0.2, 0) is 19.6 Å². The lowest BCUT2D eigenvalue weighted by molar-refractivity contribution is -0.691. The van der Waals surface area contributed by atoms with Crippen LogP contribution in [0.1, 0.15) is 15.9 Å². The number of hydrogen-bond donors (Lipinski definition) is 1. The van der Waals surface area contributed by atoms with Crippen LogP contribution in [0.2, 0.25) is 0 Å². The van der Waals surface area contributed by atoms with Crippen LogP contribution in [0.5, 0.6) is 0 Å². The maximum atomic E-state index is 11.0. The summed E-state index contributed by atoms with van der Waals surface area (Å²) in [6, 6.07) is 7.16. The van der Waals surface area contributed by atoms with Crippen molar-refractivity contribution in [2.24, 2.45) is 10.9 Å². The van der Waals surface area contributed by atoms with Crippen molar-refractivity contribution in [1.29, 1.82) is 0 Å². The van der Waals surface area contributed by atoms with Crippen molar-refractivity contribution >= 4 is 5.91 Å². The van der Waals surface area contributed by atoms with Gasteiger partial charge in [0.15, 0.2) is 37.9 Å². The standard InChI is InChI=1S/C16H17N4O2/c17-16(21)15-5-11-20(12-6-15)8-2-1-7-19-9-3-14(4-10-19)13-18-22/h1-6,9-12H,7-8,13H2,(H-,17,21)/q+1/p+1. The summed E-state index contributed by atoms with van der Waals surface area (Å²) in [6.07, 6.45) is 11.6.